The van der Waals surface area contributed by atoms with E-state index in [2.05, 4.69) is 91.6 Å². The molecule has 0 bridgehead atoms. The minimum atomic E-state index is -0.125. The molecule has 0 saturated carbocycles. The van der Waals surface area contributed by atoms with E-state index in [0.29, 0.717) is 0 Å². The Bertz CT molecular complexity index is 1530. The first-order valence-corrected chi connectivity index (χ1v) is 11.7. The van der Waals surface area contributed by atoms with Crippen LogP contribution >= 0.6 is 0 Å². The Balaban J connectivity index is 0.000000422. The fourth-order valence-electron chi connectivity index (χ4n) is 4.07. The van der Waals surface area contributed by atoms with E-state index in [-0.39, 0.29) is 31.6 Å². The minimum absolute atomic E-state index is 0. The molecule has 3 aromatic carbocycles. The zero-order valence-corrected chi connectivity index (χ0v) is 23.6. The van der Waals surface area contributed by atoms with Crippen molar-refractivity contribution in [2.24, 2.45) is 0 Å². The van der Waals surface area contributed by atoms with Gasteiger partial charge in [0, 0.05) is 37.1 Å². The average Bonchev–Trinajstić information content (AvgIpc) is 3.27. The largest absolute Gasteiger partial charge is 0.512 e. The van der Waals surface area contributed by atoms with Gasteiger partial charge in [0.1, 0.15) is 5.76 Å². The Labute approximate surface area is 231 Å². The summed E-state index contributed by atoms with van der Waals surface area (Å²) in [5.74, 6) is 0.806. The number of furan rings is 1. The first-order chi connectivity index (χ1) is 17.3. The Morgan fingerprint density at radius 3 is 2.22 bits per heavy atom. The standard InChI is InChI=1S/C27H20NO.C5H8O2.Ir/c1-18-11-19(2)13-23(12-18)26-16-24-15-25(28-17-27(24)29-26)22-10-6-9-21(14-22)20-7-4-3-5-8-20;1-4(6)3-5(2)7;/h3-9,11-17H,1-2H3;3,6H,1-2H3;/q-1;;/b;4-3-;. The number of aromatic nitrogens is 1. The number of allylic oxidation sites excluding steroid dienone is 2. The molecule has 0 spiro atoms. The van der Waals surface area contributed by atoms with E-state index in [1.807, 2.05) is 12.1 Å². The van der Waals surface area contributed by atoms with Crippen LogP contribution in [0.4, 0.5) is 0 Å². The van der Waals surface area contributed by atoms with Gasteiger partial charge in [0.2, 0.25) is 0 Å². The van der Waals surface area contributed by atoms with Crippen molar-refractivity contribution < 1.29 is 34.4 Å². The number of aryl methyl sites for hydroxylation is 2. The van der Waals surface area contributed by atoms with Gasteiger partial charge in [-0.3, -0.25) is 4.79 Å². The molecule has 5 aromatic rings. The van der Waals surface area contributed by atoms with Crippen molar-refractivity contribution in [1.29, 1.82) is 0 Å². The van der Waals surface area contributed by atoms with Crippen LogP contribution in [0.1, 0.15) is 25.0 Å². The van der Waals surface area contributed by atoms with Gasteiger partial charge in [-0.25, -0.2) is 0 Å². The van der Waals surface area contributed by atoms with E-state index < -0.39 is 0 Å². The maximum atomic E-state index is 10.0. The van der Waals surface area contributed by atoms with Crippen LogP contribution in [0.15, 0.2) is 101 Å². The molecular weight excluding hydrogens is 639 g/mol. The van der Waals surface area contributed by atoms with E-state index in [0.717, 1.165) is 39.1 Å². The van der Waals surface area contributed by atoms with Crippen LogP contribution < -0.4 is 0 Å². The van der Waals surface area contributed by atoms with Crippen LogP contribution in [0.2, 0.25) is 0 Å². The summed E-state index contributed by atoms with van der Waals surface area (Å²) in [6.45, 7) is 7.06. The molecule has 0 amide bonds. The fourth-order valence-corrected chi connectivity index (χ4v) is 4.07. The zero-order chi connectivity index (χ0) is 25.7. The van der Waals surface area contributed by atoms with Crippen molar-refractivity contribution >= 4 is 16.8 Å². The molecule has 0 unspecified atom stereocenters. The Morgan fingerprint density at radius 2 is 1.59 bits per heavy atom. The molecule has 0 aliphatic carbocycles. The molecule has 2 heterocycles. The summed E-state index contributed by atoms with van der Waals surface area (Å²) < 4.78 is 6.08. The van der Waals surface area contributed by atoms with Crippen molar-refractivity contribution in [3.8, 4) is 33.7 Å². The molecule has 189 valence electrons. The fraction of sp³-hybridized carbons (Fsp3) is 0.125. The third kappa shape index (κ3) is 7.36. The number of carbonyl (C=O) groups excluding carboxylic acids is 1. The van der Waals surface area contributed by atoms with Gasteiger partial charge in [-0.05, 0) is 57.2 Å². The average molecular weight is 667 g/mol. The van der Waals surface area contributed by atoms with E-state index in [4.69, 9.17) is 9.52 Å². The number of nitrogens with zero attached hydrogens (tertiary/aromatic N) is 1. The number of benzene rings is 3. The molecule has 37 heavy (non-hydrogen) atoms. The molecule has 5 rings (SSSR count). The van der Waals surface area contributed by atoms with Crippen LogP contribution in [0, 0.1) is 19.9 Å². The van der Waals surface area contributed by atoms with Crippen molar-refractivity contribution in [3.05, 3.63) is 114 Å². The molecule has 0 atom stereocenters. The van der Waals surface area contributed by atoms with Crippen LogP contribution in [0.3, 0.4) is 0 Å². The SMILES string of the molecule is CC(=O)/C=C(/C)O.Cc1cc(C)cc(-c2cc3cc(-c4[c-]ccc(-c5ccccc5)c4)ncc3o2)c1.[Ir]. The van der Waals surface area contributed by atoms with Crippen LogP contribution in [0.25, 0.3) is 44.7 Å². The second-order valence-corrected chi connectivity index (χ2v) is 8.85. The topological polar surface area (TPSA) is 63.3 Å². The first-order valence-electron chi connectivity index (χ1n) is 11.7. The molecule has 2 aromatic heterocycles. The molecule has 5 heteroatoms. The third-order valence-electron chi connectivity index (χ3n) is 5.51. The number of carbonyl (C=O) groups is 1. The molecule has 0 saturated heterocycles. The molecule has 1 N–H and O–H groups in total. The number of hydrogen-bond donors (Lipinski definition) is 1. The maximum absolute atomic E-state index is 10.0. The van der Waals surface area contributed by atoms with Gasteiger partial charge >= 0.3 is 0 Å². The summed E-state index contributed by atoms with van der Waals surface area (Å²) in [4.78, 5) is 14.6. The normalized spacial score (nSPS) is 10.9. The minimum Gasteiger partial charge on any atom is -0.512 e. The molecule has 0 aliphatic rings. The van der Waals surface area contributed by atoms with Crippen molar-refractivity contribution in [2.75, 3.05) is 0 Å². The summed E-state index contributed by atoms with van der Waals surface area (Å²) in [7, 11) is 0. The molecule has 0 fully saturated rings. The molecule has 4 nitrogen and oxygen atoms in total. The van der Waals surface area contributed by atoms with Crippen LogP contribution in [-0.4, -0.2) is 15.9 Å². The van der Waals surface area contributed by atoms with Gasteiger partial charge in [0.05, 0.1) is 12.0 Å². The van der Waals surface area contributed by atoms with Crippen LogP contribution in [0.5, 0.6) is 0 Å². The molecular formula is C32H28IrNO3-. The summed E-state index contributed by atoms with van der Waals surface area (Å²) in [5, 5.41) is 9.41. The number of pyridine rings is 1. The van der Waals surface area contributed by atoms with E-state index in [1.54, 1.807) is 6.20 Å². The first kappa shape index (κ1) is 27.8. The monoisotopic (exact) mass is 667 g/mol. The van der Waals surface area contributed by atoms with Crippen molar-refractivity contribution in [3.63, 3.8) is 0 Å². The van der Waals surface area contributed by atoms with Gasteiger partial charge in [0.15, 0.2) is 11.4 Å². The second kappa shape index (κ2) is 12.4. The van der Waals surface area contributed by atoms with E-state index >= 15 is 0 Å². The third-order valence-corrected chi connectivity index (χ3v) is 5.51. The van der Waals surface area contributed by atoms with Crippen molar-refractivity contribution in [1.82, 2.24) is 4.98 Å². The summed E-state index contributed by atoms with van der Waals surface area (Å²) in [6, 6.07) is 30.5. The van der Waals surface area contributed by atoms with Gasteiger partial charge in [0.25, 0.3) is 0 Å². The predicted octanol–water partition coefficient (Wildman–Crippen LogP) is 8.28. The number of ketones is 1. The Morgan fingerprint density at radius 1 is 0.892 bits per heavy atom. The number of hydrogen-bond acceptors (Lipinski definition) is 4. The van der Waals surface area contributed by atoms with Crippen molar-refractivity contribution in [2.45, 2.75) is 27.7 Å². The van der Waals surface area contributed by atoms with E-state index in [9.17, 15) is 4.79 Å². The molecule has 1 radical (unpaired) electrons. The van der Waals surface area contributed by atoms with Crippen LogP contribution in [-0.2, 0) is 24.9 Å². The van der Waals surface area contributed by atoms with Gasteiger partial charge in [-0.15, -0.1) is 35.4 Å². The zero-order valence-electron chi connectivity index (χ0n) is 21.2. The maximum Gasteiger partial charge on any atom is 0.155 e. The predicted molar refractivity (Wildman–Crippen MR) is 146 cm³/mol. The van der Waals surface area contributed by atoms with Gasteiger partial charge in [-0.1, -0.05) is 53.6 Å². The summed E-state index contributed by atoms with van der Waals surface area (Å²) in [6.07, 6.45) is 2.97. The molecule has 0 aliphatic heterocycles. The summed E-state index contributed by atoms with van der Waals surface area (Å²) >= 11 is 0. The Kier molecular flexibility index (Phi) is 9.35. The van der Waals surface area contributed by atoms with E-state index in [1.165, 1.54) is 36.6 Å². The van der Waals surface area contributed by atoms with Gasteiger partial charge < -0.3 is 14.5 Å². The number of aliphatic hydroxyl groups excluding tert-OH is 1. The number of aliphatic hydroxyl groups is 1. The van der Waals surface area contributed by atoms with Gasteiger partial charge in [-0.2, -0.15) is 0 Å². The number of rotatable bonds is 4. The number of fused-ring (bicyclic) bond motifs is 1. The second-order valence-electron chi connectivity index (χ2n) is 8.85. The summed E-state index contributed by atoms with van der Waals surface area (Å²) in [5.41, 5.74) is 8.55. The smallest absolute Gasteiger partial charge is 0.155 e. The Hall–Kier alpha value is -3.79. The quantitative estimate of drug-likeness (QED) is 0.119.